The van der Waals surface area contributed by atoms with Gasteiger partial charge in [-0.2, -0.15) is 0 Å². The van der Waals surface area contributed by atoms with Crippen molar-refractivity contribution in [3.63, 3.8) is 0 Å². The monoisotopic (exact) mass is 498 g/mol. The summed E-state index contributed by atoms with van der Waals surface area (Å²) in [6, 6.07) is 19.4. The molecule has 0 aliphatic heterocycles. The summed E-state index contributed by atoms with van der Waals surface area (Å²) in [5.41, 5.74) is 3.52. The molecule has 0 saturated heterocycles. The van der Waals surface area contributed by atoms with Crippen LogP contribution in [-0.2, 0) is 10.0 Å². The molecule has 4 aromatic rings. The van der Waals surface area contributed by atoms with Crippen molar-refractivity contribution in [1.29, 1.82) is 0 Å². The number of sulfonamides is 1. The molecule has 31 heavy (non-hydrogen) atoms. The fraction of sp³-hybridized carbons (Fsp3) is 0.0909. The maximum absolute atomic E-state index is 12.8. The molecule has 3 aromatic carbocycles. The lowest BCUT2D eigenvalue weighted by Gasteiger charge is -2.13. The number of nitrogens with one attached hydrogen (secondary N) is 2. The summed E-state index contributed by atoms with van der Waals surface area (Å²) in [6.07, 6.45) is 0. The first-order valence-electron chi connectivity index (χ1n) is 9.34. The van der Waals surface area contributed by atoms with E-state index in [4.69, 9.17) is 0 Å². The second-order valence-electron chi connectivity index (χ2n) is 7.06. The van der Waals surface area contributed by atoms with Gasteiger partial charge in [0.15, 0.2) is 0 Å². The minimum atomic E-state index is -3.65. The van der Waals surface area contributed by atoms with Gasteiger partial charge in [-0.1, -0.05) is 12.1 Å². The van der Waals surface area contributed by atoms with Gasteiger partial charge in [-0.05, 0) is 70.5 Å². The van der Waals surface area contributed by atoms with E-state index >= 15 is 0 Å². The van der Waals surface area contributed by atoms with Gasteiger partial charge in [0.1, 0.15) is 5.82 Å². The van der Waals surface area contributed by atoms with Gasteiger partial charge in [0.05, 0.1) is 21.5 Å². The highest BCUT2D eigenvalue weighted by Gasteiger charge is 2.20. The van der Waals surface area contributed by atoms with Gasteiger partial charge in [0.25, 0.3) is 5.91 Å². The third-order valence-electron chi connectivity index (χ3n) is 4.77. The van der Waals surface area contributed by atoms with Gasteiger partial charge in [0.2, 0.25) is 10.0 Å². The van der Waals surface area contributed by atoms with Crippen LogP contribution in [0.2, 0.25) is 0 Å². The normalized spacial score (nSPS) is 11.7. The largest absolute Gasteiger partial charge is 0.338 e. The second-order valence-corrected chi connectivity index (χ2v) is 10.1. The number of para-hydroxylation sites is 2. The zero-order valence-corrected chi connectivity index (χ0v) is 19.2. The van der Waals surface area contributed by atoms with Crippen LogP contribution < -0.4 is 5.32 Å². The van der Waals surface area contributed by atoms with Crippen molar-refractivity contribution >= 4 is 48.6 Å². The van der Waals surface area contributed by atoms with E-state index in [1.54, 1.807) is 18.2 Å². The number of carbonyl (C=O) groups excluding carboxylic acids is 1. The first-order chi connectivity index (χ1) is 14.8. The van der Waals surface area contributed by atoms with Gasteiger partial charge >= 0.3 is 0 Å². The molecule has 0 aliphatic rings. The van der Waals surface area contributed by atoms with Crippen LogP contribution in [0, 0.1) is 0 Å². The number of H-pyrrole nitrogens is 1. The van der Waals surface area contributed by atoms with Crippen LogP contribution in [0.4, 0.5) is 5.69 Å². The highest BCUT2D eigenvalue weighted by Crippen LogP contribution is 2.25. The molecule has 7 nitrogen and oxygen atoms in total. The molecule has 0 atom stereocenters. The fourth-order valence-electron chi connectivity index (χ4n) is 3.05. The number of carbonyl (C=O) groups is 1. The number of halogens is 1. The van der Waals surface area contributed by atoms with Crippen LogP contribution in [0.5, 0.6) is 0 Å². The molecule has 0 spiro atoms. The summed E-state index contributed by atoms with van der Waals surface area (Å²) in [4.78, 5) is 20.7. The van der Waals surface area contributed by atoms with Crippen molar-refractivity contribution in [3.05, 3.63) is 76.8 Å². The van der Waals surface area contributed by atoms with Crippen LogP contribution in [0.1, 0.15) is 10.4 Å². The summed E-state index contributed by atoms with van der Waals surface area (Å²) >= 11 is 3.33. The Morgan fingerprint density at radius 1 is 1.03 bits per heavy atom. The van der Waals surface area contributed by atoms with Gasteiger partial charge in [-0.3, -0.25) is 4.79 Å². The average molecular weight is 499 g/mol. The van der Waals surface area contributed by atoms with E-state index in [1.807, 2.05) is 36.4 Å². The molecule has 4 rings (SSSR count). The third kappa shape index (κ3) is 4.25. The SMILES string of the molecule is CN(C)S(=O)(=O)c1ccc(Br)c(C(=O)Nc2ccc(-c3nc4ccccc4[nH]3)cc2)c1. The molecule has 1 aromatic heterocycles. The van der Waals surface area contributed by atoms with Gasteiger partial charge in [0, 0.05) is 29.8 Å². The Labute approximate surface area is 188 Å². The number of amides is 1. The van der Waals surface area contributed by atoms with E-state index < -0.39 is 15.9 Å². The molecular formula is C22H19BrN4O3S. The quantitative estimate of drug-likeness (QED) is 0.423. The third-order valence-corrected chi connectivity index (χ3v) is 7.27. The molecule has 1 amide bonds. The topological polar surface area (TPSA) is 95.2 Å². The summed E-state index contributed by atoms with van der Waals surface area (Å²) in [5.74, 6) is 0.322. The molecule has 9 heteroatoms. The zero-order valence-electron chi connectivity index (χ0n) is 16.8. The Hall–Kier alpha value is -3.01. The lowest BCUT2D eigenvalue weighted by atomic mass is 10.1. The summed E-state index contributed by atoms with van der Waals surface area (Å²) in [6.45, 7) is 0. The number of hydrogen-bond acceptors (Lipinski definition) is 4. The lowest BCUT2D eigenvalue weighted by molar-refractivity contribution is 0.102. The maximum atomic E-state index is 12.8. The number of aromatic amines is 1. The van der Waals surface area contributed by atoms with Crippen LogP contribution in [0.25, 0.3) is 22.4 Å². The van der Waals surface area contributed by atoms with Crippen molar-refractivity contribution in [1.82, 2.24) is 14.3 Å². The Bertz CT molecular complexity index is 1350. The van der Waals surface area contributed by atoms with Crippen LogP contribution >= 0.6 is 15.9 Å². The summed E-state index contributed by atoms with van der Waals surface area (Å²) < 4.78 is 26.4. The number of benzene rings is 3. The second kappa shape index (κ2) is 8.26. The molecule has 0 bridgehead atoms. The van der Waals surface area contributed by atoms with Crippen LogP contribution in [0.3, 0.4) is 0 Å². The Balaban J connectivity index is 1.56. The highest BCUT2D eigenvalue weighted by molar-refractivity contribution is 9.10. The summed E-state index contributed by atoms with van der Waals surface area (Å²) in [5, 5.41) is 2.80. The predicted molar refractivity (Wildman–Crippen MR) is 124 cm³/mol. The predicted octanol–water partition coefficient (Wildman–Crippen LogP) is 4.50. The van der Waals surface area contributed by atoms with Crippen LogP contribution in [0.15, 0.2) is 76.1 Å². The Morgan fingerprint density at radius 2 is 1.74 bits per heavy atom. The maximum Gasteiger partial charge on any atom is 0.256 e. The zero-order chi connectivity index (χ0) is 22.2. The summed E-state index contributed by atoms with van der Waals surface area (Å²) in [7, 11) is -0.758. The average Bonchev–Trinajstić information content (AvgIpc) is 3.18. The number of rotatable bonds is 5. The minimum Gasteiger partial charge on any atom is -0.338 e. The van der Waals surface area contributed by atoms with Crippen molar-refractivity contribution in [2.75, 3.05) is 19.4 Å². The van der Waals surface area contributed by atoms with E-state index in [-0.39, 0.29) is 10.5 Å². The highest BCUT2D eigenvalue weighted by atomic mass is 79.9. The number of anilines is 1. The lowest BCUT2D eigenvalue weighted by Crippen LogP contribution is -2.23. The molecule has 2 N–H and O–H groups in total. The van der Waals surface area contributed by atoms with Crippen molar-refractivity contribution in [2.24, 2.45) is 0 Å². The van der Waals surface area contributed by atoms with E-state index in [1.165, 1.54) is 26.2 Å². The van der Waals surface area contributed by atoms with Gasteiger partial charge in [-0.25, -0.2) is 17.7 Å². The Morgan fingerprint density at radius 3 is 2.42 bits per heavy atom. The van der Waals surface area contributed by atoms with Crippen molar-refractivity contribution in [2.45, 2.75) is 4.90 Å². The molecule has 0 radical (unpaired) electrons. The van der Waals surface area contributed by atoms with E-state index in [0.717, 1.165) is 26.7 Å². The van der Waals surface area contributed by atoms with Crippen LogP contribution in [-0.4, -0.2) is 42.7 Å². The molecule has 0 saturated carbocycles. The van der Waals surface area contributed by atoms with E-state index in [2.05, 4.69) is 31.2 Å². The molecule has 1 heterocycles. The van der Waals surface area contributed by atoms with Gasteiger partial charge < -0.3 is 10.3 Å². The smallest absolute Gasteiger partial charge is 0.256 e. The molecule has 158 valence electrons. The first kappa shape index (κ1) is 21.2. The van der Waals surface area contributed by atoms with Gasteiger partial charge in [-0.15, -0.1) is 0 Å². The number of aromatic nitrogens is 2. The van der Waals surface area contributed by atoms with E-state index in [9.17, 15) is 13.2 Å². The molecule has 0 fully saturated rings. The number of nitrogens with zero attached hydrogens (tertiary/aromatic N) is 2. The molecule has 0 unspecified atom stereocenters. The van der Waals surface area contributed by atoms with Crippen molar-refractivity contribution < 1.29 is 13.2 Å². The minimum absolute atomic E-state index is 0.0473. The number of hydrogen-bond donors (Lipinski definition) is 2. The number of imidazole rings is 1. The first-order valence-corrected chi connectivity index (χ1v) is 11.6. The van der Waals surface area contributed by atoms with E-state index in [0.29, 0.717) is 10.2 Å². The standard InChI is InChI=1S/C22H19BrN4O3S/c1-27(2)31(29,30)16-11-12-18(23)17(13-16)22(28)24-15-9-7-14(8-10-15)21-25-19-5-3-4-6-20(19)26-21/h3-13H,1-2H3,(H,24,28)(H,25,26). The fourth-order valence-corrected chi connectivity index (χ4v) is 4.40. The number of fused-ring (bicyclic) bond motifs is 1. The molecular weight excluding hydrogens is 480 g/mol. The van der Waals surface area contributed by atoms with Crippen molar-refractivity contribution in [3.8, 4) is 11.4 Å². The Kier molecular flexibility index (Phi) is 5.65. The molecule has 0 aliphatic carbocycles.